The number of nitrogens with zero attached hydrogens (tertiary/aromatic N) is 1. The minimum absolute atomic E-state index is 0.000409. The first kappa shape index (κ1) is 25.9. The van der Waals surface area contributed by atoms with E-state index in [9.17, 15) is 4.79 Å². The number of hydrogen-bond acceptors (Lipinski definition) is 4. The minimum Gasteiger partial charge on any atom is -0.487 e. The summed E-state index contributed by atoms with van der Waals surface area (Å²) in [5, 5.41) is 11.5. The second-order valence-corrected chi connectivity index (χ2v) is 8.91. The number of ether oxygens (including phenoxy) is 1. The molecule has 0 amide bonds. The normalized spacial score (nSPS) is 13.4. The fraction of sp³-hybridized carbons (Fsp3) is 0.280. The van der Waals surface area contributed by atoms with E-state index in [4.69, 9.17) is 33.0 Å². The van der Waals surface area contributed by atoms with Gasteiger partial charge in [-0.25, -0.2) is 4.99 Å². The van der Waals surface area contributed by atoms with E-state index >= 15 is 0 Å². The van der Waals surface area contributed by atoms with Gasteiger partial charge in [0, 0.05) is 15.8 Å². The van der Waals surface area contributed by atoms with Crippen LogP contribution >= 0.6 is 35.0 Å². The predicted octanol–water partition coefficient (Wildman–Crippen LogP) is 7.00. The third-order valence-corrected chi connectivity index (χ3v) is 6.14. The van der Waals surface area contributed by atoms with Gasteiger partial charge in [-0.05, 0) is 62.2 Å². The van der Waals surface area contributed by atoms with Gasteiger partial charge in [0.25, 0.3) is 0 Å². The van der Waals surface area contributed by atoms with Gasteiger partial charge in [0.05, 0.1) is 23.1 Å². The molecule has 4 nitrogen and oxygen atoms in total. The third kappa shape index (κ3) is 8.63. The number of benzene rings is 2. The monoisotopic (exact) mass is 489 g/mol. The van der Waals surface area contributed by atoms with E-state index in [-0.39, 0.29) is 12.3 Å². The molecular weight excluding hydrogens is 465 g/mol. The molecule has 0 saturated carbocycles. The quantitative estimate of drug-likeness (QED) is 0.443. The Bertz CT molecular complexity index is 1030. The SMILES string of the molecule is CC#CC(CC(=O)O)c1ccc(OCC2=CCSC(C)=N2)cc1.Cc1c(Cl)cccc1Cl. The molecule has 0 saturated heterocycles. The summed E-state index contributed by atoms with van der Waals surface area (Å²) in [7, 11) is 0. The molecule has 2 aromatic rings. The molecule has 0 aliphatic carbocycles. The minimum atomic E-state index is -0.853. The number of carboxylic acids is 1. The Kier molecular flexibility index (Phi) is 10.7. The van der Waals surface area contributed by atoms with Crippen LogP contribution in [0.15, 0.2) is 59.2 Å². The molecule has 1 aliphatic heterocycles. The zero-order valence-corrected chi connectivity index (χ0v) is 20.5. The molecule has 3 rings (SSSR count). The first-order chi connectivity index (χ1) is 15.3. The Morgan fingerprint density at radius 2 is 1.84 bits per heavy atom. The van der Waals surface area contributed by atoms with E-state index in [1.54, 1.807) is 18.7 Å². The molecule has 0 radical (unpaired) electrons. The molecule has 32 heavy (non-hydrogen) atoms. The molecule has 1 N–H and O–H groups in total. The maximum Gasteiger partial charge on any atom is 0.304 e. The Morgan fingerprint density at radius 3 is 2.38 bits per heavy atom. The average Bonchev–Trinajstić information content (AvgIpc) is 2.76. The van der Waals surface area contributed by atoms with Gasteiger partial charge < -0.3 is 9.84 Å². The van der Waals surface area contributed by atoms with Crippen LogP contribution in [0.25, 0.3) is 0 Å². The molecule has 0 fully saturated rings. The second kappa shape index (κ2) is 13.2. The lowest BCUT2D eigenvalue weighted by molar-refractivity contribution is -0.137. The molecule has 1 unspecified atom stereocenters. The first-order valence-corrected chi connectivity index (χ1v) is 11.7. The van der Waals surface area contributed by atoms with Crippen LogP contribution in [0.1, 0.15) is 37.3 Å². The van der Waals surface area contributed by atoms with Gasteiger partial charge in [-0.1, -0.05) is 47.3 Å². The molecule has 2 aromatic carbocycles. The standard InChI is InChI=1S/C18H19NO3S.C7H6Cl2/c1-3-4-15(11-18(20)21)14-5-7-17(8-6-14)22-12-16-9-10-23-13(2)19-16;1-5-6(8)3-2-4-7(5)9/h5-9,15H,10-12H2,1-2H3,(H,20,21);2-4H,1H3. The Morgan fingerprint density at radius 1 is 1.19 bits per heavy atom. The maximum absolute atomic E-state index is 10.9. The number of hydrogen-bond donors (Lipinski definition) is 1. The van der Waals surface area contributed by atoms with Crippen LogP contribution in [-0.4, -0.2) is 28.5 Å². The van der Waals surface area contributed by atoms with Crippen LogP contribution in [0.3, 0.4) is 0 Å². The van der Waals surface area contributed by atoms with Crippen molar-refractivity contribution in [2.45, 2.75) is 33.1 Å². The van der Waals surface area contributed by atoms with E-state index in [0.717, 1.165) is 43.4 Å². The Balaban J connectivity index is 0.000000336. The second-order valence-electron chi connectivity index (χ2n) is 6.89. The molecule has 7 heteroatoms. The summed E-state index contributed by atoms with van der Waals surface area (Å²) >= 11 is 13.2. The van der Waals surface area contributed by atoms with Gasteiger partial charge in [0.15, 0.2) is 0 Å². The number of aliphatic imine (C=N–C) groups is 1. The maximum atomic E-state index is 10.9. The van der Waals surface area contributed by atoms with Crippen molar-refractivity contribution in [3.63, 3.8) is 0 Å². The van der Waals surface area contributed by atoms with Crippen molar-refractivity contribution in [2.75, 3.05) is 12.4 Å². The Hall–Kier alpha value is -2.39. The van der Waals surface area contributed by atoms with Crippen molar-refractivity contribution >= 4 is 46.0 Å². The average molecular weight is 490 g/mol. The summed E-state index contributed by atoms with van der Waals surface area (Å²) in [5.74, 6) is 6.24. The molecular formula is C25H25Cl2NO3S. The molecule has 0 aromatic heterocycles. The van der Waals surface area contributed by atoms with Crippen LogP contribution in [0, 0.1) is 18.8 Å². The van der Waals surface area contributed by atoms with E-state index < -0.39 is 5.97 Å². The summed E-state index contributed by atoms with van der Waals surface area (Å²) in [6.45, 7) is 6.03. The van der Waals surface area contributed by atoms with Crippen LogP contribution < -0.4 is 4.74 Å². The topological polar surface area (TPSA) is 58.9 Å². The largest absolute Gasteiger partial charge is 0.487 e. The van der Waals surface area contributed by atoms with Gasteiger partial charge in [0.1, 0.15) is 12.4 Å². The molecule has 0 spiro atoms. The summed E-state index contributed by atoms with van der Waals surface area (Å²) in [4.78, 5) is 15.3. The third-order valence-electron chi connectivity index (χ3n) is 4.48. The van der Waals surface area contributed by atoms with E-state index in [0.29, 0.717) is 6.61 Å². The number of halogens is 2. The van der Waals surface area contributed by atoms with E-state index in [2.05, 4.69) is 22.9 Å². The summed E-state index contributed by atoms with van der Waals surface area (Å²) in [6, 6.07) is 12.9. The smallest absolute Gasteiger partial charge is 0.304 e. The molecule has 1 aliphatic rings. The highest BCUT2D eigenvalue weighted by Crippen LogP contribution is 2.24. The van der Waals surface area contributed by atoms with Crippen molar-refractivity contribution < 1.29 is 14.6 Å². The van der Waals surface area contributed by atoms with Gasteiger partial charge in [-0.3, -0.25) is 4.79 Å². The molecule has 168 valence electrons. The zero-order chi connectivity index (χ0) is 23.5. The predicted molar refractivity (Wildman–Crippen MR) is 135 cm³/mol. The lowest BCUT2D eigenvalue weighted by atomic mass is 9.96. The van der Waals surface area contributed by atoms with Crippen LogP contribution in [-0.2, 0) is 4.79 Å². The van der Waals surface area contributed by atoms with Gasteiger partial charge in [0.2, 0.25) is 0 Å². The van der Waals surface area contributed by atoms with Gasteiger partial charge >= 0.3 is 5.97 Å². The number of carbonyl (C=O) groups is 1. The summed E-state index contributed by atoms with van der Waals surface area (Å²) in [5.41, 5.74) is 2.77. The van der Waals surface area contributed by atoms with Crippen molar-refractivity contribution in [3.05, 3.63) is 75.4 Å². The van der Waals surface area contributed by atoms with Crippen molar-refractivity contribution in [1.82, 2.24) is 0 Å². The van der Waals surface area contributed by atoms with Gasteiger partial charge in [-0.2, -0.15) is 0 Å². The van der Waals surface area contributed by atoms with Crippen LogP contribution in [0.2, 0.25) is 10.0 Å². The van der Waals surface area contributed by atoms with Crippen LogP contribution in [0.4, 0.5) is 0 Å². The van der Waals surface area contributed by atoms with Crippen molar-refractivity contribution in [3.8, 4) is 17.6 Å². The fourth-order valence-corrected chi connectivity index (χ4v) is 3.86. The molecule has 0 bridgehead atoms. The lowest BCUT2D eigenvalue weighted by Crippen LogP contribution is -2.06. The van der Waals surface area contributed by atoms with Gasteiger partial charge in [-0.15, -0.1) is 17.7 Å². The highest BCUT2D eigenvalue weighted by molar-refractivity contribution is 8.14. The highest BCUT2D eigenvalue weighted by atomic mass is 35.5. The van der Waals surface area contributed by atoms with E-state index in [1.807, 2.05) is 56.3 Å². The number of aliphatic carboxylic acids is 1. The number of rotatable bonds is 6. The van der Waals surface area contributed by atoms with Crippen molar-refractivity contribution in [2.24, 2.45) is 4.99 Å². The van der Waals surface area contributed by atoms with Crippen molar-refractivity contribution in [1.29, 1.82) is 0 Å². The molecule has 1 heterocycles. The Labute approximate surface area is 203 Å². The number of thioether (sulfide) groups is 1. The summed E-state index contributed by atoms with van der Waals surface area (Å²) in [6.07, 6.45) is 2.06. The van der Waals surface area contributed by atoms with Crippen LogP contribution in [0.5, 0.6) is 5.75 Å². The first-order valence-electron chi connectivity index (χ1n) is 9.94. The lowest BCUT2D eigenvalue weighted by Gasteiger charge is -2.12. The summed E-state index contributed by atoms with van der Waals surface area (Å²) < 4.78 is 5.73. The fourth-order valence-electron chi connectivity index (χ4n) is 2.77. The molecule has 1 atom stereocenters. The zero-order valence-electron chi connectivity index (χ0n) is 18.2. The number of carboxylic acid groups (broad SMARTS) is 1. The van der Waals surface area contributed by atoms with E-state index in [1.165, 1.54) is 0 Å². The highest BCUT2D eigenvalue weighted by Gasteiger charge is 2.13.